The number of likely N-dealkylation sites (tertiary alicyclic amines) is 1. The minimum Gasteiger partial charge on any atom is -0.478 e. The summed E-state index contributed by atoms with van der Waals surface area (Å²) in [4.78, 5) is 15.2. The molecule has 0 amide bonds. The van der Waals surface area contributed by atoms with Gasteiger partial charge in [-0.1, -0.05) is 0 Å². The van der Waals surface area contributed by atoms with Crippen LogP contribution < -0.4 is 4.90 Å². The third kappa shape index (κ3) is 3.74. The van der Waals surface area contributed by atoms with Crippen molar-refractivity contribution in [2.75, 3.05) is 38.6 Å². The highest BCUT2D eigenvalue weighted by molar-refractivity contribution is 9.10. The molecule has 2 rings (SSSR count). The van der Waals surface area contributed by atoms with E-state index in [9.17, 15) is 9.18 Å². The van der Waals surface area contributed by atoms with Gasteiger partial charge in [0.15, 0.2) is 5.82 Å². The monoisotopic (exact) mass is 358 g/mol. The minimum absolute atomic E-state index is 0.0164. The fourth-order valence-electron chi connectivity index (χ4n) is 2.73. The molecule has 1 aliphatic rings. The Hall–Kier alpha value is -1.14. The van der Waals surface area contributed by atoms with Crippen LogP contribution in [0.2, 0.25) is 0 Å². The van der Waals surface area contributed by atoms with Gasteiger partial charge >= 0.3 is 5.97 Å². The van der Waals surface area contributed by atoms with Gasteiger partial charge in [-0.3, -0.25) is 0 Å². The molecular formula is C15H20BrFN2O2. The van der Waals surface area contributed by atoms with Crippen LogP contribution in [0, 0.1) is 11.7 Å². The van der Waals surface area contributed by atoms with E-state index >= 15 is 0 Å². The smallest absolute Gasteiger partial charge is 0.336 e. The summed E-state index contributed by atoms with van der Waals surface area (Å²) >= 11 is 3.04. The van der Waals surface area contributed by atoms with Crippen molar-refractivity contribution in [1.82, 2.24) is 4.90 Å². The van der Waals surface area contributed by atoms with Crippen LogP contribution in [-0.2, 0) is 0 Å². The molecule has 0 atom stereocenters. The summed E-state index contributed by atoms with van der Waals surface area (Å²) in [5.74, 6) is -1.10. The van der Waals surface area contributed by atoms with Crippen molar-refractivity contribution in [2.45, 2.75) is 12.8 Å². The Bertz CT molecular complexity index is 531. The summed E-state index contributed by atoms with van der Waals surface area (Å²) in [6.45, 7) is 2.93. The second-order valence-electron chi connectivity index (χ2n) is 5.69. The Morgan fingerprint density at radius 1 is 1.48 bits per heavy atom. The molecule has 1 aromatic rings. The second-order valence-corrected chi connectivity index (χ2v) is 6.49. The number of benzene rings is 1. The van der Waals surface area contributed by atoms with E-state index in [4.69, 9.17) is 5.11 Å². The van der Waals surface area contributed by atoms with Crippen LogP contribution in [-0.4, -0.2) is 49.7 Å². The molecule has 0 unspecified atom stereocenters. The van der Waals surface area contributed by atoms with E-state index in [0.717, 1.165) is 32.5 Å². The van der Waals surface area contributed by atoms with Crippen molar-refractivity contribution >= 4 is 27.6 Å². The van der Waals surface area contributed by atoms with Crippen molar-refractivity contribution in [3.63, 3.8) is 0 Å². The third-order valence-corrected chi connectivity index (χ3v) is 4.85. The van der Waals surface area contributed by atoms with Crippen LogP contribution in [0.5, 0.6) is 0 Å². The van der Waals surface area contributed by atoms with Crippen LogP contribution in [0.4, 0.5) is 10.1 Å². The lowest BCUT2D eigenvalue weighted by atomic mass is 9.96. The van der Waals surface area contributed by atoms with E-state index in [-0.39, 0.29) is 10.0 Å². The van der Waals surface area contributed by atoms with Crippen molar-refractivity contribution in [1.29, 1.82) is 0 Å². The first-order valence-corrected chi connectivity index (χ1v) is 7.80. The van der Waals surface area contributed by atoms with Gasteiger partial charge in [-0.05, 0) is 67.0 Å². The van der Waals surface area contributed by atoms with Crippen molar-refractivity contribution in [2.24, 2.45) is 5.92 Å². The van der Waals surface area contributed by atoms with Crippen LogP contribution in [0.25, 0.3) is 0 Å². The Balaban J connectivity index is 2.11. The number of halogens is 2. The van der Waals surface area contributed by atoms with Gasteiger partial charge in [0.2, 0.25) is 0 Å². The molecule has 4 nitrogen and oxygen atoms in total. The number of nitrogens with zero attached hydrogens (tertiary/aromatic N) is 2. The number of hydrogen-bond donors (Lipinski definition) is 1. The largest absolute Gasteiger partial charge is 0.478 e. The number of carbonyl (C=O) groups is 1. The highest BCUT2D eigenvalue weighted by Gasteiger charge is 2.22. The fourth-order valence-corrected chi connectivity index (χ4v) is 3.23. The Labute approximate surface area is 132 Å². The van der Waals surface area contributed by atoms with Crippen LogP contribution in [0.1, 0.15) is 23.2 Å². The Morgan fingerprint density at radius 3 is 2.67 bits per heavy atom. The predicted molar refractivity (Wildman–Crippen MR) is 84.6 cm³/mol. The van der Waals surface area contributed by atoms with Crippen molar-refractivity contribution in [3.8, 4) is 0 Å². The maximum atomic E-state index is 14.3. The molecule has 0 spiro atoms. The number of carboxylic acid groups (broad SMARTS) is 1. The Kier molecular flexibility index (Phi) is 5.22. The zero-order valence-electron chi connectivity index (χ0n) is 12.3. The molecule has 0 radical (unpaired) electrons. The summed E-state index contributed by atoms with van der Waals surface area (Å²) in [5.41, 5.74) is 0.384. The molecule has 1 fully saturated rings. The molecule has 1 N–H and O–H groups in total. The van der Waals surface area contributed by atoms with Crippen molar-refractivity contribution in [3.05, 3.63) is 28.0 Å². The van der Waals surface area contributed by atoms with E-state index in [2.05, 4.69) is 27.9 Å². The third-order valence-electron chi connectivity index (χ3n) is 4.07. The van der Waals surface area contributed by atoms with Gasteiger partial charge in [0.25, 0.3) is 0 Å². The Morgan fingerprint density at radius 2 is 2.10 bits per heavy atom. The number of aromatic carboxylic acids is 1. The van der Waals surface area contributed by atoms with E-state index in [1.807, 2.05) is 11.9 Å². The van der Waals surface area contributed by atoms with Gasteiger partial charge in [-0.25, -0.2) is 9.18 Å². The molecule has 21 heavy (non-hydrogen) atoms. The van der Waals surface area contributed by atoms with Gasteiger partial charge in [-0.2, -0.15) is 0 Å². The standard InChI is InChI=1S/C15H20BrFN2O2/c1-18-7-5-10(6-8-18)9-19(2)12-4-3-11(15(20)21)13(16)14(12)17/h3-4,10H,5-9H2,1-2H3,(H,20,21). The lowest BCUT2D eigenvalue weighted by molar-refractivity contribution is 0.0695. The highest BCUT2D eigenvalue weighted by atomic mass is 79.9. The van der Waals surface area contributed by atoms with Crippen LogP contribution >= 0.6 is 15.9 Å². The predicted octanol–water partition coefficient (Wildman–Crippen LogP) is 3.06. The van der Waals surface area contributed by atoms with Gasteiger partial charge in [0, 0.05) is 13.6 Å². The second kappa shape index (κ2) is 6.75. The highest BCUT2D eigenvalue weighted by Crippen LogP contribution is 2.30. The summed E-state index contributed by atoms with van der Waals surface area (Å²) in [6.07, 6.45) is 2.22. The first kappa shape index (κ1) is 16.2. The fraction of sp³-hybridized carbons (Fsp3) is 0.533. The summed E-state index contributed by atoms with van der Waals surface area (Å²) in [6, 6.07) is 2.98. The SMILES string of the molecule is CN1CCC(CN(C)c2ccc(C(=O)O)c(Br)c2F)CC1. The zero-order valence-corrected chi connectivity index (χ0v) is 13.9. The lowest BCUT2D eigenvalue weighted by Crippen LogP contribution is -2.36. The minimum atomic E-state index is -1.13. The number of piperidine rings is 1. The maximum absolute atomic E-state index is 14.3. The molecule has 1 aromatic carbocycles. The molecule has 116 valence electrons. The van der Waals surface area contributed by atoms with Gasteiger partial charge in [-0.15, -0.1) is 0 Å². The molecular weight excluding hydrogens is 339 g/mol. The zero-order chi connectivity index (χ0) is 15.6. The van der Waals surface area contributed by atoms with Crippen LogP contribution in [0.3, 0.4) is 0 Å². The topological polar surface area (TPSA) is 43.8 Å². The van der Waals surface area contributed by atoms with E-state index in [0.29, 0.717) is 11.6 Å². The maximum Gasteiger partial charge on any atom is 0.336 e. The van der Waals surface area contributed by atoms with E-state index < -0.39 is 11.8 Å². The summed E-state index contributed by atoms with van der Waals surface area (Å²) in [7, 11) is 3.96. The van der Waals surface area contributed by atoms with E-state index in [1.165, 1.54) is 6.07 Å². The molecule has 1 saturated heterocycles. The lowest BCUT2D eigenvalue weighted by Gasteiger charge is -2.32. The number of rotatable bonds is 4. The first-order chi connectivity index (χ1) is 9.90. The summed E-state index contributed by atoms with van der Waals surface area (Å²) < 4.78 is 14.3. The quantitative estimate of drug-likeness (QED) is 0.898. The molecule has 0 bridgehead atoms. The first-order valence-electron chi connectivity index (χ1n) is 7.01. The number of carboxylic acids is 1. The molecule has 6 heteroatoms. The normalized spacial score (nSPS) is 17.0. The van der Waals surface area contributed by atoms with Crippen molar-refractivity contribution < 1.29 is 14.3 Å². The van der Waals surface area contributed by atoms with Gasteiger partial charge < -0.3 is 14.9 Å². The van der Waals surface area contributed by atoms with Gasteiger partial charge in [0.05, 0.1) is 15.7 Å². The number of hydrogen-bond acceptors (Lipinski definition) is 3. The number of anilines is 1. The molecule has 1 aliphatic heterocycles. The average Bonchev–Trinajstić information content (AvgIpc) is 2.43. The average molecular weight is 359 g/mol. The molecule has 1 heterocycles. The van der Waals surface area contributed by atoms with E-state index in [1.54, 1.807) is 6.07 Å². The molecule has 0 saturated carbocycles. The molecule has 0 aliphatic carbocycles. The van der Waals surface area contributed by atoms with Gasteiger partial charge in [0.1, 0.15) is 0 Å². The molecule has 0 aromatic heterocycles. The van der Waals surface area contributed by atoms with Crippen LogP contribution in [0.15, 0.2) is 16.6 Å². The summed E-state index contributed by atoms with van der Waals surface area (Å²) in [5, 5.41) is 8.99.